The highest BCUT2D eigenvalue weighted by Crippen LogP contribution is 2.21. The maximum atomic E-state index is 11.9. The van der Waals surface area contributed by atoms with Crippen molar-refractivity contribution in [3.63, 3.8) is 0 Å². The third-order valence-corrected chi connectivity index (χ3v) is 4.71. The zero-order chi connectivity index (χ0) is 10.9. The Kier molecular flexibility index (Phi) is 4.18. The number of sulfone groups is 1. The number of ether oxygens (including phenoxy) is 1. The van der Waals surface area contributed by atoms with Gasteiger partial charge in [-0.1, -0.05) is 0 Å². The second-order valence-electron chi connectivity index (χ2n) is 3.50. The van der Waals surface area contributed by atoms with Crippen molar-refractivity contribution in [3.05, 3.63) is 24.3 Å². The van der Waals surface area contributed by atoms with E-state index < -0.39 is 9.84 Å². The van der Waals surface area contributed by atoms with Crippen LogP contribution in [0.1, 0.15) is 0 Å². The van der Waals surface area contributed by atoms with Crippen molar-refractivity contribution < 1.29 is 13.2 Å². The summed E-state index contributed by atoms with van der Waals surface area (Å²) in [6.45, 7) is 1.10. The SMILES string of the molecule is COc1ccc(S(=O)(=O)C2CNC2)cc1.Cl. The van der Waals surface area contributed by atoms with Gasteiger partial charge >= 0.3 is 0 Å². The van der Waals surface area contributed by atoms with Crippen molar-refractivity contribution in [1.29, 1.82) is 0 Å². The van der Waals surface area contributed by atoms with E-state index in [0.29, 0.717) is 23.7 Å². The van der Waals surface area contributed by atoms with Crippen molar-refractivity contribution in [3.8, 4) is 5.75 Å². The molecule has 1 heterocycles. The molecule has 0 atom stereocenters. The van der Waals surface area contributed by atoms with Crippen molar-refractivity contribution in [2.45, 2.75) is 10.1 Å². The first-order valence-electron chi connectivity index (χ1n) is 4.73. The Balaban J connectivity index is 0.00000128. The molecule has 0 bridgehead atoms. The van der Waals surface area contributed by atoms with E-state index in [4.69, 9.17) is 4.74 Å². The average molecular weight is 264 g/mol. The minimum atomic E-state index is -3.15. The van der Waals surface area contributed by atoms with E-state index in [1.54, 1.807) is 31.4 Å². The van der Waals surface area contributed by atoms with Gasteiger partial charge in [0, 0.05) is 13.1 Å². The van der Waals surface area contributed by atoms with E-state index in [9.17, 15) is 8.42 Å². The normalized spacial score (nSPS) is 16.1. The lowest BCUT2D eigenvalue weighted by Gasteiger charge is -2.26. The number of nitrogens with one attached hydrogen (secondary N) is 1. The summed E-state index contributed by atoms with van der Waals surface area (Å²) in [6.07, 6.45) is 0. The maximum Gasteiger partial charge on any atom is 0.183 e. The summed E-state index contributed by atoms with van der Waals surface area (Å²) in [7, 11) is -1.59. The van der Waals surface area contributed by atoms with Gasteiger partial charge in [-0.25, -0.2) is 8.42 Å². The fourth-order valence-electron chi connectivity index (χ4n) is 1.44. The minimum Gasteiger partial charge on any atom is -0.497 e. The van der Waals surface area contributed by atoms with Gasteiger partial charge < -0.3 is 10.1 Å². The third kappa shape index (κ3) is 2.31. The molecule has 90 valence electrons. The van der Waals surface area contributed by atoms with E-state index in [-0.39, 0.29) is 17.7 Å². The van der Waals surface area contributed by atoms with E-state index in [1.807, 2.05) is 0 Å². The number of benzene rings is 1. The predicted octanol–water partition coefficient (Wildman–Crippen LogP) is 0.862. The molecule has 1 fully saturated rings. The molecule has 0 aromatic heterocycles. The lowest BCUT2D eigenvalue weighted by Crippen LogP contribution is -2.51. The Labute approximate surface area is 101 Å². The molecule has 0 saturated carbocycles. The number of halogens is 1. The number of methoxy groups -OCH3 is 1. The Morgan fingerprint density at radius 2 is 1.81 bits per heavy atom. The first kappa shape index (κ1) is 13.3. The zero-order valence-electron chi connectivity index (χ0n) is 8.84. The zero-order valence-corrected chi connectivity index (χ0v) is 10.5. The Morgan fingerprint density at radius 3 is 2.19 bits per heavy atom. The molecule has 6 heteroatoms. The topological polar surface area (TPSA) is 55.4 Å². The maximum absolute atomic E-state index is 11.9. The van der Waals surface area contributed by atoms with Crippen LogP contribution in [0, 0.1) is 0 Å². The molecule has 0 aliphatic carbocycles. The minimum absolute atomic E-state index is 0. The fraction of sp³-hybridized carbons (Fsp3) is 0.400. The molecule has 0 unspecified atom stereocenters. The Bertz CT molecular complexity index is 440. The molecule has 1 aliphatic rings. The van der Waals surface area contributed by atoms with Gasteiger partial charge in [-0.15, -0.1) is 12.4 Å². The number of hydrogen-bond acceptors (Lipinski definition) is 4. The monoisotopic (exact) mass is 263 g/mol. The summed E-state index contributed by atoms with van der Waals surface area (Å²) in [4.78, 5) is 0.370. The van der Waals surface area contributed by atoms with Gasteiger partial charge in [-0.05, 0) is 24.3 Å². The average Bonchev–Trinajstić information content (AvgIpc) is 2.14. The molecule has 4 nitrogen and oxygen atoms in total. The third-order valence-electron chi connectivity index (χ3n) is 2.57. The van der Waals surface area contributed by atoms with Crippen LogP contribution in [0.15, 0.2) is 29.2 Å². The smallest absolute Gasteiger partial charge is 0.183 e. The Hall–Kier alpha value is -0.780. The second-order valence-corrected chi connectivity index (χ2v) is 5.73. The summed E-state index contributed by atoms with van der Waals surface area (Å²) in [5, 5.41) is 2.68. The van der Waals surface area contributed by atoms with Crippen LogP contribution in [0.4, 0.5) is 0 Å². The molecule has 0 radical (unpaired) electrons. The number of hydrogen-bond donors (Lipinski definition) is 1. The summed E-state index contributed by atoms with van der Waals surface area (Å²) < 4.78 is 28.8. The van der Waals surface area contributed by atoms with Crippen LogP contribution in [0.3, 0.4) is 0 Å². The van der Waals surface area contributed by atoms with Crippen molar-refractivity contribution >= 4 is 22.2 Å². The standard InChI is InChI=1S/C10H13NO3S.ClH/c1-14-8-2-4-9(5-3-8)15(12,13)10-6-11-7-10;/h2-5,10-11H,6-7H2,1H3;1H. The van der Waals surface area contributed by atoms with Gasteiger partial charge in [0.15, 0.2) is 9.84 Å². The van der Waals surface area contributed by atoms with Crippen molar-refractivity contribution in [2.24, 2.45) is 0 Å². The van der Waals surface area contributed by atoms with Crippen molar-refractivity contribution in [2.75, 3.05) is 20.2 Å². The molecule has 1 saturated heterocycles. The van der Waals surface area contributed by atoms with Gasteiger partial charge in [0.05, 0.1) is 17.3 Å². The largest absolute Gasteiger partial charge is 0.497 e. The quantitative estimate of drug-likeness (QED) is 0.879. The molecular formula is C10H14ClNO3S. The van der Waals surface area contributed by atoms with E-state index in [1.165, 1.54) is 0 Å². The first-order chi connectivity index (χ1) is 7.14. The first-order valence-corrected chi connectivity index (χ1v) is 6.28. The fourth-order valence-corrected chi connectivity index (χ4v) is 3.01. The van der Waals surface area contributed by atoms with Crippen LogP contribution in [0.2, 0.25) is 0 Å². The summed E-state index contributed by atoms with van der Waals surface area (Å²) >= 11 is 0. The van der Waals surface area contributed by atoms with E-state index in [2.05, 4.69) is 5.32 Å². The molecule has 1 aromatic carbocycles. The molecule has 1 aliphatic heterocycles. The number of rotatable bonds is 3. The Morgan fingerprint density at radius 1 is 1.25 bits per heavy atom. The van der Waals surface area contributed by atoms with Gasteiger partial charge in [-0.3, -0.25) is 0 Å². The highest BCUT2D eigenvalue weighted by molar-refractivity contribution is 7.92. The van der Waals surface area contributed by atoms with Crippen molar-refractivity contribution in [1.82, 2.24) is 5.32 Å². The molecular weight excluding hydrogens is 250 g/mol. The summed E-state index contributed by atoms with van der Waals surface area (Å²) in [5.74, 6) is 0.667. The van der Waals surface area contributed by atoms with Crippen LogP contribution >= 0.6 is 12.4 Å². The van der Waals surface area contributed by atoms with Gasteiger partial charge in [0.2, 0.25) is 0 Å². The van der Waals surface area contributed by atoms with Crippen LogP contribution in [0.5, 0.6) is 5.75 Å². The van der Waals surface area contributed by atoms with Crippen LogP contribution in [0.25, 0.3) is 0 Å². The van der Waals surface area contributed by atoms with Crippen LogP contribution in [-0.2, 0) is 9.84 Å². The van der Waals surface area contributed by atoms with Gasteiger partial charge in [0.1, 0.15) is 5.75 Å². The molecule has 1 N–H and O–H groups in total. The predicted molar refractivity (Wildman–Crippen MR) is 64.1 cm³/mol. The molecule has 0 spiro atoms. The molecule has 16 heavy (non-hydrogen) atoms. The van der Waals surface area contributed by atoms with E-state index >= 15 is 0 Å². The lowest BCUT2D eigenvalue weighted by atomic mass is 10.3. The summed E-state index contributed by atoms with van der Waals surface area (Å²) in [5.41, 5.74) is 0. The molecule has 0 amide bonds. The highest BCUT2D eigenvalue weighted by atomic mass is 35.5. The highest BCUT2D eigenvalue weighted by Gasteiger charge is 2.32. The van der Waals surface area contributed by atoms with Gasteiger partial charge in [0.25, 0.3) is 0 Å². The van der Waals surface area contributed by atoms with E-state index in [0.717, 1.165) is 0 Å². The molecule has 2 rings (SSSR count). The lowest BCUT2D eigenvalue weighted by molar-refractivity contribution is 0.414. The van der Waals surface area contributed by atoms with Crippen LogP contribution in [-0.4, -0.2) is 33.9 Å². The summed E-state index contributed by atoms with van der Waals surface area (Å²) in [6, 6.07) is 6.51. The van der Waals surface area contributed by atoms with Gasteiger partial charge in [-0.2, -0.15) is 0 Å². The van der Waals surface area contributed by atoms with Crippen LogP contribution < -0.4 is 10.1 Å². The second kappa shape index (κ2) is 5.03. The molecule has 1 aromatic rings.